The third-order valence-corrected chi connectivity index (χ3v) is 6.48. The minimum atomic E-state index is -4.11. The van der Waals surface area contributed by atoms with Gasteiger partial charge in [0.05, 0.1) is 22.0 Å². The van der Waals surface area contributed by atoms with Gasteiger partial charge in [-0.2, -0.15) is 8.78 Å². The fourth-order valence-corrected chi connectivity index (χ4v) is 4.35. The molecule has 4 rings (SSSR count). The second-order valence-electron chi connectivity index (χ2n) is 9.17. The van der Waals surface area contributed by atoms with Crippen LogP contribution >= 0.6 is 11.6 Å². The molecule has 0 bridgehead atoms. The quantitative estimate of drug-likeness (QED) is 0.185. The fraction of sp³-hybridized carbons (Fsp3) is 0.167. The first-order valence-electron chi connectivity index (χ1n) is 12.4. The van der Waals surface area contributed by atoms with Gasteiger partial charge in [0.15, 0.2) is 0 Å². The lowest BCUT2D eigenvalue weighted by Crippen LogP contribution is -2.50. The maximum Gasteiger partial charge on any atom is 0.429 e. The van der Waals surface area contributed by atoms with Crippen LogP contribution in [0.3, 0.4) is 0 Å². The highest BCUT2D eigenvalue weighted by atomic mass is 35.5. The SMILES string of the molecule is CC(F)C(F)(F)Oc1cccc([C@@](Cc2ccccc2)(NC(=O)Nc2ccccc2C(=O)O)c2ccc(Cl)cn2)c1. The molecule has 0 saturated heterocycles. The molecule has 2 amide bonds. The normalized spacial score (nSPS) is 13.5. The van der Waals surface area contributed by atoms with Crippen LogP contribution in [0.2, 0.25) is 5.02 Å². The van der Waals surface area contributed by atoms with E-state index in [1.165, 1.54) is 42.6 Å². The molecule has 7 nitrogen and oxygen atoms in total. The minimum Gasteiger partial charge on any atom is -0.478 e. The Kier molecular flexibility index (Phi) is 8.83. The standard InChI is InChI=1S/C30H25ClF3N3O4/c1-19(32)30(33,34)41-23-11-7-10-21(16-23)29(17-20-8-3-2-4-9-20,26-15-14-22(31)18-35-26)37-28(40)36-25-13-6-5-12-24(25)27(38)39/h2-16,18-19H,17H2,1H3,(H,38,39)(H2,36,37,40)/t19?,29-/m1/s1. The van der Waals surface area contributed by atoms with Crippen molar-refractivity contribution in [1.82, 2.24) is 10.3 Å². The lowest BCUT2D eigenvalue weighted by molar-refractivity contribution is -0.215. The molecule has 1 aromatic heterocycles. The number of anilines is 1. The van der Waals surface area contributed by atoms with E-state index in [1.807, 2.05) is 18.2 Å². The van der Waals surface area contributed by atoms with Gasteiger partial charge in [0.2, 0.25) is 6.17 Å². The number of hydrogen-bond acceptors (Lipinski definition) is 4. The molecule has 1 heterocycles. The molecule has 41 heavy (non-hydrogen) atoms. The van der Waals surface area contributed by atoms with Crippen molar-refractivity contribution in [2.75, 3.05) is 5.32 Å². The van der Waals surface area contributed by atoms with E-state index in [-0.39, 0.29) is 34.7 Å². The van der Waals surface area contributed by atoms with Crippen LogP contribution in [0.4, 0.5) is 23.7 Å². The van der Waals surface area contributed by atoms with Gasteiger partial charge in [-0.15, -0.1) is 0 Å². The minimum absolute atomic E-state index is 0.0313. The zero-order chi connectivity index (χ0) is 29.6. The van der Waals surface area contributed by atoms with Crippen molar-refractivity contribution in [1.29, 1.82) is 0 Å². The van der Waals surface area contributed by atoms with Gasteiger partial charge in [-0.25, -0.2) is 14.0 Å². The molecule has 2 atom stereocenters. The molecular formula is C30H25ClF3N3O4. The Morgan fingerprint density at radius 3 is 2.37 bits per heavy atom. The van der Waals surface area contributed by atoms with Crippen molar-refractivity contribution in [3.8, 4) is 5.75 Å². The number of aromatic nitrogens is 1. The average molecular weight is 584 g/mol. The molecule has 0 aliphatic rings. The number of ether oxygens (including phenoxy) is 1. The number of para-hydroxylation sites is 1. The third kappa shape index (κ3) is 6.96. The van der Waals surface area contributed by atoms with Crippen LogP contribution in [-0.4, -0.2) is 34.4 Å². The maximum absolute atomic E-state index is 14.2. The van der Waals surface area contributed by atoms with Crippen LogP contribution in [0.15, 0.2) is 97.2 Å². The van der Waals surface area contributed by atoms with Crippen LogP contribution in [0.25, 0.3) is 0 Å². The number of benzene rings is 3. The summed E-state index contributed by atoms with van der Waals surface area (Å²) in [5.74, 6) is -1.59. The second-order valence-corrected chi connectivity index (χ2v) is 9.60. The Balaban J connectivity index is 1.86. The van der Waals surface area contributed by atoms with E-state index in [9.17, 15) is 27.9 Å². The molecule has 11 heteroatoms. The van der Waals surface area contributed by atoms with E-state index < -0.39 is 29.8 Å². The van der Waals surface area contributed by atoms with Crippen molar-refractivity contribution >= 4 is 29.3 Å². The molecule has 0 radical (unpaired) electrons. The zero-order valence-corrected chi connectivity index (χ0v) is 22.4. The number of hydrogen-bond donors (Lipinski definition) is 3. The summed E-state index contributed by atoms with van der Waals surface area (Å²) in [5.41, 5.74) is -0.329. The number of halogens is 4. The second kappa shape index (κ2) is 12.3. The first-order chi connectivity index (χ1) is 19.5. The number of carbonyl (C=O) groups is 2. The van der Waals surface area contributed by atoms with E-state index in [0.717, 1.165) is 5.56 Å². The monoisotopic (exact) mass is 583 g/mol. The number of alkyl halides is 3. The van der Waals surface area contributed by atoms with Crippen molar-refractivity contribution in [2.24, 2.45) is 0 Å². The van der Waals surface area contributed by atoms with E-state index >= 15 is 0 Å². The number of rotatable bonds is 10. The molecule has 0 aliphatic carbocycles. The summed E-state index contributed by atoms with van der Waals surface area (Å²) in [6.45, 7) is 0.683. The van der Waals surface area contributed by atoms with Gasteiger partial charge >= 0.3 is 18.1 Å². The van der Waals surface area contributed by atoms with Crippen LogP contribution in [0, 0.1) is 0 Å². The molecule has 3 aromatic carbocycles. The van der Waals surface area contributed by atoms with Crippen molar-refractivity contribution in [2.45, 2.75) is 31.2 Å². The number of carbonyl (C=O) groups excluding carboxylic acids is 1. The number of nitrogens with zero attached hydrogens (tertiary/aromatic N) is 1. The molecular weight excluding hydrogens is 559 g/mol. The lowest BCUT2D eigenvalue weighted by Gasteiger charge is -2.36. The number of urea groups is 1. The van der Waals surface area contributed by atoms with Gasteiger partial charge in [0.1, 0.15) is 11.3 Å². The van der Waals surface area contributed by atoms with E-state index in [2.05, 4.69) is 15.6 Å². The molecule has 1 unspecified atom stereocenters. The predicted octanol–water partition coefficient (Wildman–Crippen LogP) is 7.07. The summed E-state index contributed by atoms with van der Waals surface area (Å²) in [5, 5.41) is 15.3. The van der Waals surface area contributed by atoms with Gasteiger partial charge < -0.3 is 20.5 Å². The van der Waals surface area contributed by atoms with Gasteiger partial charge in [0.25, 0.3) is 0 Å². The third-order valence-electron chi connectivity index (χ3n) is 6.25. The molecule has 3 N–H and O–H groups in total. The number of aromatic carboxylic acids is 1. The Labute approximate surface area is 239 Å². The topological polar surface area (TPSA) is 101 Å². The van der Waals surface area contributed by atoms with Gasteiger partial charge in [-0.05, 0) is 54.4 Å². The number of carboxylic acid groups (broad SMARTS) is 1. The number of nitrogens with one attached hydrogen (secondary N) is 2. The molecule has 212 valence electrons. The largest absolute Gasteiger partial charge is 0.478 e. The van der Waals surface area contributed by atoms with E-state index in [1.54, 1.807) is 36.4 Å². The lowest BCUT2D eigenvalue weighted by atomic mass is 9.80. The summed E-state index contributed by atoms with van der Waals surface area (Å²) in [7, 11) is 0. The first kappa shape index (κ1) is 29.4. The molecule has 0 spiro atoms. The zero-order valence-electron chi connectivity index (χ0n) is 21.7. The fourth-order valence-electron chi connectivity index (χ4n) is 4.24. The summed E-state index contributed by atoms with van der Waals surface area (Å²) in [6.07, 6.45) is -5.24. The average Bonchev–Trinajstić information content (AvgIpc) is 2.93. The smallest absolute Gasteiger partial charge is 0.429 e. The molecule has 4 aromatic rings. The summed E-state index contributed by atoms with van der Waals surface area (Å²) >= 11 is 6.10. The summed E-state index contributed by atoms with van der Waals surface area (Å²) in [4.78, 5) is 29.7. The number of carboxylic acids is 1. The molecule has 0 saturated carbocycles. The Morgan fingerprint density at radius 1 is 1.00 bits per heavy atom. The summed E-state index contributed by atoms with van der Waals surface area (Å²) < 4.78 is 46.6. The predicted molar refractivity (Wildman–Crippen MR) is 148 cm³/mol. The highest BCUT2D eigenvalue weighted by molar-refractivity contribution is 6.30. The van der Waals surface area contributed by atoms with E-state index in [4.69, 9.17) is 16.3 Å². The van der Waals surface area contributed by atoms with Gasteiger partial charge in [-0.1, -0.05) is 66.2 Å². The van der Waals surface area contributed by atoms with Crippen LogP contribution in [0.1, 0.15) is 34.1 Å². The Morgan fingerprint density at radius 2 is 1.71 bits per heavy atom. The first-order valence-corrected chi connectivity index (χ1v) is 12.8. The molecule has 0 aliphatic heterocycles. The van der Waals surface area contributed by atoms with Crippen LogP contribution in [0.5, 0.6) is 5.75 Å². The van der Waals surface area contributed by atoms with Crippen LogP contribution in [-0.2, 0) is 12.0 Å². The van der Waals surface area contributed by atoms with Crippen molar-refractivity contribution in [3.05, 3.63) is 125 Å². The van der Waals surface area contributed by atoms with Crippen molar-refractivity contribution < 1.29 is 32.6 Å². The number of pyridine rings is 1. The number of amides is 2. The Hall–Kier alpha value is -4.57. The Bertz CT molecular complexity index is 1520. The molecule has 0 fully saturated rings. The van der Waals surface area contributed by atoms with Gasteiger partial charge in [-0.3, -0.25) is 4.98 Å². The highest BCUT2D eigenvalue weighted by Crippen LogP contribution is 2.36. The van der Waals surface area contributed by atoms with Crippen LogP contribution < -0.4 is 15.4 Å². The highest BCUT2D eigenvalue weighted by Gasteiger charge is 2.42. The summed E-state index contributed by atoms with van der Waals surface area (Å²) in [6, 6.07) is 22.7. The van der Waals surface area contributed by atoms with Gasteiger partial charge in [0, 0.05) is 12.6 Å². The van der Waals surface area contributed by atoms with E-state index in [0.29, 0.717) is 11.9 Å². The maximum atomic E-state index is 14.2. The van der Waals surface area contributed by atoms with Crippen molar-refractivity contribution in [3.63, 3.8) is 0 Å².